The number of carbonyl (C=O) groups is 1. The summed E-state index contributed by atoms with van der Waals surface area (Å²) in [4.78, 5) is 13.9. The van der Waals surface area contributed by atoms with Crippen molar-refractivity contribution in [2.75, 3.05) is 18.8 Å². The average molecular weight is 407 g/mol. The number of benzene rings is 1. The molecule has 152 valence electrons. The van der Waals surface area contributed by atoms with E-state index in [0.717, 1.165) is 6.07 Å². The van der Waals surface area contributed by atoms with Crippen molar-refractivity contribution in [3.05, 3.63) is 35.1 Å². The lowest BCUT2D eigenvalue weighted by Crippen LogP contribution is -2.50. The number of piperidine rings is 1. The Morgan fingerprint density at radius 1 is 1.30 bits per heavy atom. The molecule has 0 spiro atoms. The first-order valence-electron chi connectivity index (χ1n) is 8.78. The molecule has 27 heavy (non-hydrogen) atoms. The molecule has 1 heterocycles. The summed E-state index contributed by atoms with van der Waals surface area (Å²) in [5, 5.41) is 0. The van der Waals surface area contributed by atoms with Crippen LogP contribution in [0.2, 0.25) is 0 Å². The minimum absolute atomic E-state index is 0.0396. The van der Waals surface area contributed by atoms with Crippen molar-refractivity contribution < 1.29 is 26.4 Å². The summed E-state index contributed by atoms with van der Waals surface area (Å²) >= 11 is 0. The zero-order valence-electron chi connectivity index (χ0n) is 15.1. The van der Waals surface area contributed by atoms with Crippen LogP contribution >= 0.6 is 0 Å². The molecule has 0 radical (unpaired) electrons. The third-order valence-corrected chi connectivity index (χ3v) is 5.96. The molecule has 1 saturated heterocycles. The highest BCUT2D eigenvalue weighted by molar-refractivity contribution is 7.89. The van der Waals surface area contributed by atoms with Crippen molar-refractivity contribution in [2.24, 2.45) is 5.73 Å². The predicted octanol–water partition coefficient (Wildman–Crippen LogP) is 1.29. The number of nitrogens with zero attached hydrogens (tertiary/aromatic N) is 1. The minimum atomic E-state index is -3.36. The molecule has 0 aliphatic carbocycles. The average Bonchev–Trinajstić information content (AvgIpc) is 2.59. The summed E-state index contributed by atoms with van der Waals surface area (Å²) in [6.07, 6.45) is 1.06. The molecule has 2 atom stereocenters. The lowest BCUT2D eigenvalue weighted by molar-refractivity contribution is -0.132. The van der Waals surface area contributed by atoms with E-state index in [1.807, 2.05) is 0 Å². The van der Waals surface area contributed by atoms with Crippen LogP contribution < -0.4 is 10.5 Å². The van der Waals surface area contributed by atoms with E-state index in [1.54, 1.807) is 0 Å². The number of rotatable bonds is 7. The van der Waals surface area contributed by atoms with Gasteiger partial charge in [0.15, 0.2) is 11.6 Å². The number of sulfonamides is 1. The summed E-state index contributed by atoms with van der Waals surface area (Å²) in [6.45, 7) is 2.25. The largest absolute Gasteiger partial charge is 0.341 e. The van der Waals surface area contributed by atoms with Gasteiger partial charge in [-0.3, -0.25) is 4.79 Å². The Hall–Kier alpha value is -1.65. The standard InChI is InChI=1S/C17H24F3N3O3S/c1-2-27(25,26)22-13-4-3-5-23(10-13)17(24)8-12(21)6-11-7-15(19)16(20)9-14(11)18/h7,9,12-13,22H,2-6,8,10,21H2,1H3. The van der Waals surface area contributed by atoms with E-state index < -0.39 is 33.5 Å². The summed E-state index contributed by atoms with van der Waals surface area (Å²) < 4.78 is 65.9. The van der Waals surface area contributed by atoms with E-state index in [-0.39, 0.29) is 42.7 Å². The second-order valence-electron chi connectivity index (χ2n) is 6.73. The van der Waals surface area contributed by atoms with E-state index in [2.05, 4.69) is 4.72 Å². The molecule has 1 aromatic rings. The highest BCUT2D eigenvalue weighted by atomic mass is 32.2. The number of carbonyl (C=O) groups excluding carboxylic acids is 1. The van der Waals surface area contributed by atoms with Crippen molar-refractivity contribution in [2.45, 2.75) is 44.7 Å². The van der Waals surface area contributed by atoms with Crippen LogP contribution in [0.4, 0.5) is 13.2 Å². The maximum atomic E-state index is 13.7. The van der Waals surface area contributed by atoms with Crippen LogP contribution in [0.5, 0.6) is 0 Å². The Bertz CT molecular complexity index is 789. The maximum absolute atomic E-state index is 13.7. The van der Waals surface area contributed by atoms with Gasteiger partial charge >= 0.3 is 0 Å². The quantitative estimate of drug-likeness (QED) is 0.667. The smallest absolute Gasteiger partial charge is 0.224 e. The van der Waals surface area contributed by atoms with Crippen LogP contribution in [0.25, 0.3) is 0 Å². The minimum Gasteiger partial charge on any atom is -0.341 e. The predicted molar refractivity (Wildman–Crippen MR) is 94.8 cm³/mol. The van der Waals surface area contributed by atoms with Gasteiger partial charge in [-0.25, -0.2) is 26.3 Å². The number of halogens is 3. The fourth-order valence-corrected chi connectivity index (χ4v) is 3.93. The lowest BCUT2D eigenvalue weighted by Gasteiger charge is -2.33. The van der Waals surface area contributed by atoms with E-state index in [4.69, 9.17) is 5.73 Å². The molecule has 1 amide bonds. The molecular weight excluding hydrogens is 383 g/mol. The fourth-order valence-electron chi connectivity index (χ4n) is 3.07. The Morgan fingerprint density at radius 2 is 1.96 bits per heavy atom. The number of hydrogen-bond donors (Lipinski definition) is 2. The van der Waals surface area contributed by atoms with Gasteiger partial charge in [0.25, 0.3) is 0 Å². The van der Waals surface area contributed by atoms with E-state index in [9.17, 15) is 26.4 Å². The first kappa shape index (κ1) is 21.6. The van der Waals surface area contributed by atoms with Gasteiger partial charge in [-0.1, -0.05) is 0 Å². The Morgan fingerprint density at radius 3 is 2.63 bits per heavy atom. The number of nitrogens with one attached hydrogen (secondary N) is 1. The second-order valence-corrected chi connectivity index (χ2v) is 8.77. The van der Waals surface area contributed by atoms with Crippen LogP contribution in [-0.4, -0.2) is 50.2 Å². The third kappa shape index (κ3) is 6.18. The van der Waals surface area contributed by atoms with Crippen molar-refractivity contribution in [1.29, 1.82) is 0 Å². The van der Waals surface area contributed by atoms with Crippen LogP contribution in [-0.2, 0) is 21.2 Å². The molecule has 1 aliphatic rings. The van der Waals surface area contributed by atoms with E-state index in [0.29, 0.717) is 25.5 Å². The van der Waals surface area contributed by atoms with Gasteiger partial charge in [0.2, 0.25) is 15.9 Å². The zero-order valence-corrected chi connectivity index (χ0v) is 15.9. The van der Waals surface area contributed by atoms with Crippen LogP contribution in [0.3, 0.4) is 0 Å². The highest BCUT2D eigenvalue weighted by Crippen LogP contribution is 2.17. The first-order chi connectivity index (χ1) is 12.6. The van der Waals surface area contributed by atoms with Crippen LogP contribution in [0.1, 0.15) is 31.7 Å². The van der Waals surface area contributed by atoms with Crippen LogP contribution in [0.15, 0.2) is 12.1 Å². The van der Waals surface area contributed by atoms with Gasteiger partial charge < -0.3 is 10.6 Å². The molecule has 0 bridgehead atoms. The molecule has 2 unspecified atom stereocenters. The fraction of sp³-hybridized carbons (Fsp3) is 0.588. The van der Waals surface area contributed by atoms with Gasteiger partial charge in [-0.15, -0.1) is 0 Å². The zero-order chi connectivity index (χ0) is 20.2. The molecule has 6 nitrogen and oxygen atoms in total. The van der Waals surface area contributed by atoms with Gasteiger partial charge in [-0.2, -0.15) is 0 Å². The van der Waals surface area contributed by atoms with Crippen molar-refractivity contribution in [1.82, 2.24) is 9.62 Å². The third-order valence-electron chi connectivity index (χ3n) is 4.51. The Labute approximate surface area is 157 Å². The van der Waals surface area contributed by atoms with Crippen LogP contribution in [0, 0.1) is 17.5 Å². The van der Waals surface area contributed by atoms with Crippen molar-refractivity contribution >= 4 is 15.9 Å². The Balaban J connectivity index is 1.93. The SMILES string of the molecule is CCS(=O)(=O)NC1CCCN(C(=O)CC(N)Cc2cc(F)c(F)cc2F)C1. The molecule has 0 aromatic heterocycles. The summed E-state index contributed by atoms with van der Waals surface area (Å²) in [5.74, 6) is -3.70. The molecule has 2 rings (SSSR count). The number of likely N-dealkylation sites (tertiary alicyclic amines) is 1. The molecule has 1 aromatic carbocycles. The van der Waals surface area contributed by atoms with Crippen molar-refractivity contribution in [3.8, 4) is 0 Å². The summed E-state index contributed by atoms with van der Waals surface area (Å²) in [5.41, 5.74) is 5.79. The van der Waals surface area contributed by atoms with Gasteiger partial charge in [0.1, 0.15) is 5.82 Å². The van der Waals surface area contributed by atoms with Crippen molar-refractivity contribution in [3.63, 3.8) is 0 Å². The topological polar surface area (TPSA) is 92.5 Å². The molecular formula is C17H24F3N3O3S. The maximum Gasteiger partial charge on any atom is 0.224 e. The van der Waals surface area contributed by atoms with Gasteiger partial charge in [0, 0.05) is 37.7 Å². The molecule has 10 heteroatoms. The van der Waals surface area contributed by atoms with E-state index >= 15 is 0 Å². The van der Waals surface area contributed by atoms with Gasteiger partial charge in [-0.05, 0) is 37.8 Å². The monoisotopic (exact) mass is 407 g/mol. The molecule has 3 N–H and O–H groups in total. The normalized spacial score (nSPS) is 19.1. The lowest BCUT2D eigenvalue weighted by atomic mass is 10.0. The van der Waals surface area contributed by atoms with Gasteiger partial charge in [0.05, 0.1) is 5.75 Å². The summed E-state index contributed by atoms with van der Waals surface area (Å²) in [6, 6.07) is 0.0665. The molecule has 0 saturated carbocycles. The first-order valence-corrected chi connectivity index (χ1v) is 10.4. The highest BCUT2D eigenvalue weighted by Gasteiger charge is 2.27. The number of amides is 1. The Kier molecular flexibility index (Phi) is 7.24. The molecule has 1 fully saturated rings. The number of nitrogens with two attached hydrogens (primary N) is 1. The number of hydrogen-bond acceptors (Lipinski definition) is 4. The second kappa shape index (κ2) is 9.03. The summed E-state index contributed by atoms with van der Waals surface area (Å²) in [7, 11) is -3.36. The van der Waals surface area contributed by atoms with E-state index in [1.165, 1.54) is 11.8 Å². The molecule has 1 aliphatic heterocycles.